The van der Waals surface area contributed by atoms with Gasteiger partial charge in [-0.05, 0) is 42.9 Å². The fourth-order valence-electron chi connectivity index (χ4n) is 3.74. The predicted molar refractivity (Wildman–Crippen MR) is 126 cm³/mol. The zero-order valence-electron chi connectivity index (χ0n) is 18.3. The molecule has 2 aromatic heterocycles. The second-order valence-corrected chi connectivity index (χ2v) is 8.99. The lowest BCUT2D eigenvalue weighted by molar-refractivity contribution is 0.0952. The average molecular weight is 440 g/mol. The Morgan fingerprint density at radius 2 is 1.90 bits per heavy atom. The van der Waals surface area contributed by atoms with Gasteiger partial charge in [0, 0.05) is 45.0 Å². The van der Waals surface area contributed by atoms with Gasteiger partial charge in [-0.3, -0.25) is 4.79 Å². The second-order valence-electron chi connectivity index (χ2n) is 7.76. The van der Waals surface area contributed by atoms with Crippen molar-refractivity contribution in [2.75, 3.05) is 49.3 Å². The van der Waals surface area contributed by atoms with Crippen molar-refractivity contribution in [2.45, 2.75) is 31.5 Å². The van der Waals surface area contributed by atoms with Gasteiger partial charge in [0.2, 0.25) is 0 Å². The molecule has 0 radical (unpaired) electrons. The van der Waals surface area contributed by atoms with E-state index in [1.54, 1.807) is 11.8 Å². The number of fused-ring (bicyclic) bond motifs is 1. The third-order valence-electron chi connectivity index (χ3n) is 5.39. The summed E-state index contributed by atoms with van der Waals surface area (Å²) in [6.45, 7) is 5.18. The van der Waals surface area contributed by atoms with E-state index in [2.05, 4.69) is 22.2 Å². The van der Waals surface area contributed by atoms with E-state index in [4.69, 9.17) is 9.97 Å². The minimum Gasteiger partial charge on any atom is -0.378 e. The maximum Gasteiger partial charge on any atom is 0.251 e. The summed E-state index contributed by atoms with van der Waals surface area (Å²) in [6.07, 6.45) is 4.24. The van der Waals surface area contributed by atoms with Crippen LogP contribution >= 0.6 is 11.8 Å². The summed E-state index contributed by atoms with van der Waals surface area (Å²) in [7, 11) is 3.96. The standard InChI is InChI=1S/C22H29N7OS/c1-4-31-22-25-19(28-12-5-6-13-28)18-15-24-29(20(18)26-22)14-11-23-21(30)16-7-9-17(10-8-16)27(2)3/h7-10,15H,4-6,11-14H2,1-3H3,(H,23,30). The molecule has 164 valence electrons. The molecule has 9 heteroatoms. The Hall–Kier alpha value is -2.81. The Balaban J connectivity index is 1.47. The molecule has 1 aromatic carbocycles. The molecule has 1 amide bonds. The van der Waals surface area contributed by atoms with Crippen molar-refractivity contribution in [3.63, 3.8) is 0 Å². The number of hydrogen-bond donors (Lipinski definition) is 1. The lowest BCUT2D eigenvalue weighted by atomic mass is 10.2. The molecule has 3 aromatic rings. The van der Waals surface area contributed by atoms with E-state index in [0.717, 1.165) is 46.5 Å². The number of rotatable bonds is 8. The van der Waals surface area contributed by atoms with Crippen molar-refractivity contribution in [1.82, 2.24) is 25.1 Å². The number of hydrogen-bond acceptors (Lipinski definition) is 7. The van der Waals surface area contributed by atoms with E-state index in [1.807, 2.05) is 54.1 Å². The first-order chi connectivity index (χ1) is 15.1. The van der Waals surface area contributed by atoms with Crippen LogP contribution in [0.2, 0.25) is 0 Å². The molecule has 4 rings (SSSR count). The molecule has 0 atom stereocenters. The lowest BCUT2D eigenvalue weighted by Crippen LogP contribution is -2.27. The van der Waals surface area contributed by atoms with Crippen molar-refractivity contribution in [3.05, 3.63) is 36.0 Å². The third kappa shape index (κ3) is 4.76. The minimum atomic E-state index is -0.0867. The summed E-state index contributed by atoms with van der Waals surface area (Å²) < 4.78 is 1.87. The molecule has 0 spiro atoms. The van der Waals surface area contributed by atoms with Crippen LogP contribution in [0.25, 0.3) is 11.0 Å². The predicted octanol–water partition coefficient (Wildman–Crippen LogP) is 3.03. The SMILES string of the molecule is CCSc1nc(N2CCCC2)c2cnn(CCNC(=O)c3ccc(N(C)C)cc3)c2n1. The van der Waals surface area contributed by atoms with Gasteiger partial charge in [-0.2, -0.15) is 5.10 Å². The van der Waals surface area contributed by atoms with E-state index in [-0.39, 0.29) is 5.91 Å². The summed E-state index contributed by atoms with van der Waals surface area (Å²) in [5, 5.41) is 9.30. The molecule has 1 aliphatic rings. The smallest absolute Gasteiger partial charge is 0.251 e. The van der Waals surface area contributed by atoms with Crippen molar-refractivity contribution in [3.8, 4) is 0 Å². The van der Waals surface area contributed by atoms with Gasteiger partial charge in [0.05, 0.1) is 18.1 Å². The van der Waals surface area contributed by atoms with Crippen LogP contribution in [0.15, 0.2) is 35.6 Å². The first kappa shape index (κ1) is 21.4. The molecule has 3 heterocycles. The number of carbonyl (C=O) groups is 1. The Kier molecular flexibility index (Phi) is 6.60. The molecule has 0 bridgehead atoms. The quantitative estimate of drug-likeness (QED) is 0.427. The van der Waals surface area contributed by atoms with Crippen LogP contribution in [-0.2, 0) is 6.54 Å². The lowest BCUT2D eigenvalue weighted by Gasteiger charge is -2.17. The summed E-state index contributed by atoms with van der Waals surface area (Å²) in [6, 6.07) is 7.58. The van der Waals surface area contributed by atoms with Crippen molar-refractivity contribution < 1.29 is 4.79 Å². The monoisotopic (exact) mass is 439 g/mol. The third-order valence-corrected chi connectivity index (χ3v) is 6.12. The molecule has 8 nitrogen and oxygen atoms in total. The number of anilines is 2. The largest absolute Gasteiger partial charge is 0.378 e. The van der Waals surface area contributed by atoms with Crippen molar-refractivity contribution in [2.24, 2.45) is 0 Å². The molecular formula is C22H29N7OS. The van der Waals surface area contributed by atoms with E-state index < -0.39 is 0 Å². The number of benzene rings is 1. The van der Waals surface area contributed by atoms with Gasteiger partial charge in [-0.25, -0.2) is 14.6 Å². The summed E-state index contributed by atoms with van der Waals surface area (Å²) in [4.78, 5) is 26.4. The highest BCUT2D eigenvalue weighted by atomic mass is 32.2. The maximum absolute atomic E-state index is 12.5. The molecule has 0 aliphatic carbocycles. The summed E-state index contributed by atoms with van der Waals surface area (Å²) in [5.74, 6) is 1.81. The fraction of sp³-hybridized carbons (Fsp3) is 0.455. The first-order valence-electron chi connectivity index (χ1n) is 10.7. The fourth-order valence-corrected chi connectivity index (χ4v) is 4.30. The number of amides is 1. The summed E-state index contributed by atoms with van der Waals surface area (Å²) >= 11 is 1.64. The van der Waals surface area contributed by atoms with E-state index in [9.17, 15) is 4.79 Å². The van der Waals surface area contributed by atoms with Crippen LogP contribution in [-0.4, -0.2) is 65.1 Å². The topological polar surface area (TPSA) is 79.2 Å². The van der Waals surface area contributed by atoms with Gasteiger partial charge < -0.3 is 15.1 Å². The van der Waals surface area contributed by atoms with Crippen LogP contribution in [0.5, 0.6) is 0 Å². The summed E-state index contributed by atoms with van der Waals surface area (Å²) in [5.41, 5.74) is 2.54. The van der Waals surface area contributed by atoms with Crippen molar-refractivity contribution in [1.29, 1.82) is 0 Å². The zero-order valence-corrected chi connectivity index (χ0v) is 19.2. The Morgan fingerprint density at radius 3 is 2.58 bits per heavy atom. The van der Waals surface area contributed by atoms with Gasteiger partial charge >= 0.3 is 0 Å². The molecule has 1 fully saturated rings. The van der Waals surface area contributed by atoms with Gasteiger partial charge in [-0.1, -0.05) is 18.7 Å². The number of aromatic nitrogens is 4. The highest BCUT2D eigenvalue weighted by Crippen LogP contribution is 2.29. The highest BCUT2D eigenvalue weighted by molar-refractivity contribution is 7.99. The maximum atomic E-state index is 12.5. The van der Waals surface area contributed by atoms with Gasteiger partial charge in [0.1, 0.15) is 5.82 Å². The Bertz CT molecular complexity index is 1040. The molecule has 1 saturated heterocycles. The first-order valence-corrected chi connectivity index (χ1v) is 11.7. The van der Waals surface area contributed by atoms with E-state index >= 15 is 0 Å². The van der Waals surface area contributed by atoms with E-state index in [1.165, 1.54) is 12.8 Å². The minimum absolute atomic E-state index is 0.0867. The van der Waals surface area contributed by atoms with Gasteiger partial charge in [-0.15, -0.1) is 0 Å². The number of thioether (sulfide) groups is 1. The van der Waals surface area contributed by atoms with Crippen LogP contribution in [0.3, 0.4) is 0 Å². The van der Waals surface area contributed by atoms with Crippen molar-refractivity contribution >= 4 is 40.2 Å². The van der Waals surface area contributed by atoms with Crippen LogP contribution < -0.4 is 15.1 Å². The molecule has 1 aliphatic heterocycles. The normalized spacial score (nSPS) is 13.7. The van der Waals surface area contributed by atoms with Crippen LogP contribution in [0, 0.1) is 0 Å². The molecule has 1 N–H and O–H groups in total. The highest BCUT2D eigenvalue weighted by Gasteiger charge is 2.20. The Morgan fingerprint density at radius 1 is 1.16 bits per heavy atom. The number of carbonyl (C=O) groups excluding carboxylic acids is 1. The van der Waals surface area contributed by atoms with Crippen LogP contribution in [0.4, 0.5) is 11.5 Å². The molecule has 0 saturated carbocycles. The number of nitrogens with zero attached hydrogens (tertiary/aromatic N) is 6. The van der Waals surface area contributed by atoms with Crippen LogP contribution in [0.1, 0.15) is 30.1 Å². The number of nitrogens with one attached hydrogen (secondary N) is 1. The molecular weight excluding hydrogens is 410 g/mol. The molecule has 0 unspecified atom stereocenters. The zero-order chi connectivity index (χ0) is 21.8. The Labute approximate surface area is 187 Å². The average Bonchev–Trinajstić information content (AvgIpc) is 3.44. The van der Waals surface area contributed by atoms with Gasteiger partial charge in [0.25, 0.3) is 5.91 Å². The molecule has 31 heavy (non-hydrogen) atoms. The second kappa shape index (κ2) is 9.55. The van der Waals surface area contributed by atoms with E-state index in [0.29, 0.717) is 18.7 Å². The van der Waals surface area contributed by atoms with Gasteiger partial charge in [0.15, 0.2) is 10.8 Å².